The summed E-state index contributed by atoms with van der Waals surface area (Å²) in [6.07, 6.45) is 5.18. The normalized spacial score (nSPS) is 17.8. The minimum absolute atomic E-state index is 0.0269. The van der Waals surface area contributed by atoms with Crippen LogP contribution in [0.3, 0.4) is 0 Å². The van der Waals surface area contributed by atoms with Crippen LogP contribution in [0.5, 0.6) is 0 Å². The van der Waals surface area contributed by atoms with Crippen molar-refractivity contribution in [3.05, 3.63) is 36.0 Å². The molecule has 0 unspecified atom stereocenters. The number of likely N-dealkylation sites (tertiary alicyclic amines) is 1. The van der Waals surface area contributed by atoms with E-state index in [4.69, 9.17) is 9.94 Å². The van der Waals surface area contributed by atoms with Crippen LogP contribution < -0.4 is 5.32 Å². The van der Waals surface area contributed by atoms with E-state index in [0.29, 0.717) is 35.2 Å². The molecule has 0 spiro atoms. The van der Waals surface area contributed by atoms with Gasteiger partial charge in [-0.3, -0.25) is 14.9 Å². The van der Waals surface area contributed by atoms with Gasteiger partial charge in [0.05, 0.1) is 20.6 Å². The van der Waals surface area contributed by atoms with E-state index in [-0.39, 0.29) is 28.4 Å². The molecule has 1 saturated carbocycles. The number of alkyl halides is 1. The average Bonchev–Trinajstić information content (AvgIpc) is 3.67. The van der Waals surface area contributed by atoms with Crippen LogP contribution in [-0.2, 0) is 24.3 Å². The van der Waals surface area contributed by atoms with E-state index in [1.165, 1.54) is 23.5 Å². The minimum atomic E-state index is -3.36. The summed E-state index contributed by atoms with van der Waals surface area (Å²) in [7, 11) is -3.36. The number of sulfone groups is 1. The van der Waals surface area contributed by atoms with Crippen molar-refractivity contribution in [2.45, 2.75) is 62.7 Å². The molecule has 1 aromatic heterocycles. The number of piperidine rings is 1. The molecule has 14 heteroatoms. The molecule has 1 aromatic carbocycles. The predicted molar refractivity (Wildman–Crippen MR) is 156 cm³/mol. The van der Waals surface area contributed by atoms with E-state index >= 15 is 0 Å². The Morgan fingerprint density at radius 1 is 1.26 bits per heavy atom. The molecule has 2 aliphatic rings. The monoisotopic (exact) mass is 692 g/mol. The number of carbonyl (C=O) groups excluding carboxylic acids is 2. The molecule has 4 rings (SSSR count). The Labute approximate surface area is 243 Å². The number of aliphatic hydroxyl groups is 1. The van der Waals surface area contributed by atoms with E-state index in [1.807, 2.05) is 27.5 Å². The Morgan fingerprint density at radius 3 is 2.55 bits per heavy atom. The summed E-state index contributed by atoms with van der Waals surface area (Å²) in [6, 6.07) is 6.05. The van der Waals surface area contributed by atoms with Crippen molar-refractivity contribution in [1.29, 1.82) is 0 Å². The number of benzene rings is 1. The third kappa shape index (κ3) is 7.67. The number of amides is 2. The number of aromatic nitrogens is 1. The number of nitrogens with zero attached hydrogens (tertiary/aromatic N) is 3. The van der Waals surface area contributed by atoms with Gasteiger partial charge in [0.15, 0.2) is 24.8 Å². The zero-order valence-corrected chi connectivity index (χ0v) is 25.3. The lowest BCUT2D eigenvalue weighted by molar-refractivity contribution is -0.129. The summed E-state index contributed by atoms with van der Waals surface area (Å²) < 4.78 is 25.6. The topological polar surface area (TPSA) is 138 Å². The second-order valence-electron chi connectivity index (χ2n) is 9.00. The largest absolute Gasteiger partial charge is 0.396 e. The number of oxime groups is 1. The Bertz CT molecular complexity index is 1270. The molecule has 2 N–H and O–H groups in total. The van der Waals surface area contributed by atoms with Crippen LogP contribution in [-0.4, -0.2) is 75.2 Å². The quantitative estimate of drug-likeness (QED) is 0.158. The minimum Gasteiger partial charge on any atom is -0.396 e. The molecule has 2 heterocycles. The number of nitrogens with one attached hydrogen (secondary N) is 1. The van der Waals surface area contributed by atoms with Crippen molar-refractivity contribution < 1.29 is 28.0 Å². The second-order valence-corrected chi connectivity index (χ2v) is 15.2. The maximum absolute atomic E-state index is 13.2. The Hall–Kier alpha value is -1.75. The van der Waals surface area contributed by atoms with E-state index < -0.39 is 19.9 Å². The van der Waals surface area contributed by atoms with Crippen molar-refractivity contribution >= 4 is 78.2 Å². The van der Waals surface area contributed by atoms with Gasteiger partial charge >= 0.3 is 0 Å². The van der Waals surface area contributed by atoms with Crippen LogP contribution in [0.15, 0.2) is 44.7 Å². The molecule has 2 amide bonds. The molecule has 2 fully saturated rings. The Kier molecular flexibility index (Phi) is 10.1. The van der Waals surface area contributed by atoms with Gasteiger partial charge in [0.2, 0.25) is 5.91 Å². The first-order chi connectivity index (χ1) is 18.2. The third-order valence-corrected chi connectivity index (χ3v) is 11.6. The van der Waals surface area contributed by atoms with Crippen LogP contribution in [0.4, 0.5) is 5.13 Å². The van der Waals surface area contributed by atoms with Crippen LogP contribution in [0.1, 0.15) is 44.6 Å². The van der Waals surface area contributed by atoms with Gasteiger partial charge in [0, 0.05) is 43.9 Å². The first-order valence-electron chi connectivity index (χ1n) is 12.2. The fourth-order valence-electron chi connectivity index (χ4n) is 3.84. The maximum atomic E-state index is 13.2. The summed E-state index contributed by atoms with van der Waals surface area (Å²) in [4.78, 5) is 36.6. The highest BCUT2D eigenvalue weighted by molar-refractivity contribution is 14.1. The van der Waals surface area contributed by atoms with Gasteiger partial charge in [-0.1, -0.05) is 28.6 Å². The van der Waals surface area contributed by atoms with Crippen LogP contribution >= 0.6 is 45.7 Å². The first kappa shape index (κ1) is 29.2. The number of carbonyl (C=O) groups is 2. The molecule has 1 aliphatic carbocycles. The van der Waals surface area contributed by atoms with Crippen LogP contribution in [0.25, 0.3) is 0 Å². The summed E-state index contributed by atoms with van der Waals surface area (Å²) in [5, 5.41) is 16.4. The van der Waals surface area contributed by atoms with Gasteiger partial charge in [-0.25, -0.2) is 13.4 Å². The number of hydrogen-bond donors (Lipinski definition) is 2. The van der Waals surface area contributed by atoms with Gasteiger partial charge < -0.3 is 14.8 Å². The predicted octanol–water partition coefficient (Wildman–Crippen LogP) is 3.69. The summed E-state index contributed by atoms with van der Waals surface area (Å²) >= 11 is 5.02. The first-order valence-corrected chi connectivity index (χ1v) is 16.7. The van der Waals surface area contributed by atoms with Gasteiger partial charge in [0.25, 0.3) is 5.91 Å². The van der Waals surface area contributed by atoms with E-state index in [2.05, 4.69) is 15.5 Å². The highest BCUT2D eigenvalue weighted by Crippen LogP contribution is 2.36. The number of hydrogen-bond acceptors (Lipinski definition) is 10. The van der Waals surface area contributed by atoms with Crippen molar-refractivity contribution in [2.24, 2.45) is 5.16 Å². The lowest BCUT2D eigenvalue weighted by atomic mass is 10.1. The SMILES string of the molecule is CC(=O)N1CCC(Sc2cnc(NC(=O)/C(=N/O[C@@H](I)CCO)c3ccc(S(=O)(=O)C4CC4)cc3)s2)CC1. The Morgan fingerprint density at radius 2 is 1.95 bits per heavy atom. The average molecular weight is 693 g/mol. The highest BCUT2D eigenvalue weighted by atomic mass is 127. The summed E-state index contributed by atoms with van der Waals surface area (Å²) in [6.45, 7) is 2.98. The van der Waals surface area contributed by atoms with Gasteiger partial charge in [0.1, 0.15) is 0 Å². The van der Waals surface area contributed by atoms with E-state index in [9.17, 15) is 18.0 Å². The molecular weight excluding hydrogens is 663 g/mol. The van der Waals surface area contributed by atoms with Crippen LogP contribution in [0.2, 0.25) is 0 Å². The fraction of sp³-hybridized carbons (Fsp3) is 0.500. The number of rotatable bonds is 11. The third-order valence-electron chi connectivity index (χ3n) is 6.12. The Balaban J connectivity index is 1.44. The van der Waals surface area contributed by atoms with Crippen molar-refractivity contribution in [3.8, 4) is 0 Å². The van der Waals surface area contributed by atoms with E-state index in [1.54, 1.807) is 37.0 Å². The lowest BCUT2D eigenvalue weighted by Gasteiger charge is -2.30. The molecule has 0 radical (unpaired) electrons. The molecule has 10 nitrogen and oxygen atoms in total. The molecular formula is C24H29IN4O6S3. The number of aliphatic hydroxyl groups excluding tert-OH is 1. The summed E-state index contributed by atoms with van der Waals surface area (Å²) in [5.74, 6) is -0.446. The molecule has 0 bridgehead atoms. The van der Waals surface area contributed by atoms with Gasteiger partial charge in [-0.05, 0) is 60.4 Å². The molecule has 2 aromatic rings. The number of thioether (sulfide) groups is 1. The number of halogens is 1. The zero-order chi connectivity index (χ0) is 27.3. The molecule has 206 valence electrons. The standard InChI is InChI=1S/C24H29IN4O6S3/c1-15(31)29-11-8-17(9-12-29)36-21-14-26-24(37-21)27-23(32)22(28-35-20(25)10-13-30)16-2-4-18(5-3-16)38(33,34)19-6-7-19/h2-5,14,17,19-20,30H,6-13H2,1H3,(H,26,27,32)/b28-22+/t20-/m1/s1. The highest BCUT2D eigenvalue weighted by Gasteiger charge is 2.36. The van der Waals surface area contributed by atoms with Crippen molar-refractivity contribution in [3.63, 3.8) is 0 Å². The van der Waals surface area contributed by atoms with Crippen molar-refractivity contribution in [1.82, 2.24) is 9.88 Å². The summed E-state index contributed by atoms with van der Waals surface area (Å²) in [5.41, 5.74) is 0.370. The van der Waals surface area contributed by atoms with Gasteiger partial charge in [-0.2, -0.15) is 0 Å². The van der Waals surface area contributed by atoms with Crippen LogP contribution in [0, 0.1) is 0 Å². The molecule has 1 aliphatic heterocycles. The number of anilines is 1. The smallest absolute Gasteiger partial charge is 0.280 e. The molecule has 1 atom stereocenters. The van der Waals surface area contributed by atoms with Gasteiger partial charge in [-0.15, -0.1) is 11.8 Å². The lowest BCUT2D eigenvalue weighted by Crippen LogP contribution is -2.37. The fourth-order valence-corrected chi connectivity index (χ4v) is 8.16. The zero-order valence-electron chi connectivity index (χ0n) is 20.7. The maximum Gasteiger partial charge on any atom is 0.280 e. The molecule has 1 saturated heterocycles. The second kappa shape index (κ2) is 13.1. The number of thiazole rings is 1. The van der Waals surface area contributed by atoms with E-state index in [0.717, 1.165) is 30.1 Å². The van der Waals surface area contributed by atoms with Crippen molar-refractivity contribution in [2.75, 3.05) is 25.0 Å². The molecule has 38 heavy (non-hydrogen) atoms.